The SMILES string of the molecule is Cc1nc2cc(C(=O)N3CCN(c4ccncc4)CC3)ccc2n1-c1ccccc1. The Bertz CT molecular complexity index is 1180. The third-order valence-electron chi connectivity index (χ3n) is 5.68. The van der Waals surface area contributed by atoms with Crippen LogP contribution in [0.25, 0.3) is 16.7 Å². The maximum absolute atomic E-state index is 13.1. The van der Waals surface area contributed by atoms with Gasteiger partial charge < -0.3 is 9.80 Å². The second kappa shape index (κ2) is 7.63. The molecule has 6 nitrogen and oxygen atoms in total. The third-order valence-corrected chi connectivity index (χ3v) is 5.68. The first-order valence-corrected chi connectivity index (χ1v) is 10.2. The van der Waals surface area contributed by atoms with Crippen LogP contribution < -0.4 is 4.90 Å². The van der Waals surface area contributed by atoms with E-state index >= 15 is 0 Å². The van der Waals surface area contributed by atoms with Crippen molar-refractivity contribution in [3.05, 3.63) is 84.4 Å². The number of benzene rings is 2. The van der Waals surface area contributed by atoms with Gasteiger partial charge in [0.2, 0.25) is 0 Å². The van der Waals surface area contributed by atoms with Crippen molar-refractivity contribution in [2.45, 2.75) is 6.92 Å². The molecule has 0 atom stereocenters. The second-order valence-corrected chi connectivity index (χ2v) is 7.52. The van der Waals surface area contributed by atoms with Gasteiger partial charge in [-0.15, -0.1) is 0 Å². The van der Waals surface area contributed by atoms with E-state index in [1.807, 2.05) is 60.4 Å². The van der Waals surface area contributed by atoms with E-state index in [1.165, 1.54) is 0 Å². The van der Waals surface area contributed by atoms with Crippen LogP contribution in [-0.4, -0.2) is 51.5 Å². The molecule has 0 N–H and O–H groups in total. The lowest BCUT2D eigenvalue weighted by atomic mass is 10.1. The molecule has 1 saturated heterocycles. The van der Waals surface area contributed by atoms with Crippen LogP contribution in [0.3, 0.4) is 0 Å². The smallest absolute Gasteiger partial charge is 0.254 e. The van der Waals surface area contributed by atoms with Crippen LogP contribution in [0.15, 0.2) is 73.1 Å². The Morgan fingerprint density at radius 1 is 0.867 bits per heavy atom. The number of aryl methyl sites for hydroxylation is 1. The molecule has 2 aromatic carbocycles. The van der Waals surface area contributed by atoms with Crippen molar-refractivity contribution in [3.8, 4) is 5.69 Å². The summed E-state index contributed by atoms with van der Waals surface area (Å²) in [5, 5.41) is 0. The van der Waals surface area contributed by atoms with Gasteiger partial charge in [0.05, 0.1) is 11.0 Å². The van der Waals surface area contributed by atoms with Crippen molar-refractivity contribution in [1.82, 2.24) is 19.4 Å². The Balaban J connectivity index is 1.36. The Morgan fingerprint density at radius 2 is 1.60 bits per heavy atom. The average Bonchev–Trinajstić information content (AvgIpc) is 3.14. The van der Waals surface area contributed by atoms with E-state index in [0.29, 0.717) is 18.7 Å². The van der Waals surface area contributed by atoms with Crippen molar-refractivity contribution in [2.24, 2.45) is 0 Å². The van der Waals surface area contributed by atoms with E-state index in [0.717, 1.165) is 41.3 Å². The highest BCUT2D eigenvalue weighted by Crippen LogP contribution is 2.23. The van der Waals surface area contributed by atoms with Crippen LogP contribution >= 0.6 is 0 Å². The molecule has 150 valence electrons. The van der Waals surface area contributed by atoms with E-state index in [-0.39, 0.29) is 5.91 Å². The quantitative estimate of drug-likeness (QED) is 0.529. The standard InChI is InChI=1S/C24H23N5O/c1-18-26-22-17-19(7-8-23(22)29(18)21-5-3-2-4-6-21)24(30)28-15-13-27(14-16-28)20-9-11-25-12-10-20/h2-12,17H,13-16H2,1H3. The molecule has 1 amide bonds. The van der Waals surface area contributed by atoms with Crippen molar-refractivity contribution in [1.29, 1.82) is 0 Å². The van der Waals surface area contributed by atoms with E-state index in [4.69, 9.17) is 4.98 Å². The van der Waals surface area contributed by atoms with Crippen LogP contribution in [-0.2, 0) is 0 Å². The fourth-order valence-corrected chi connectivity index (χ4v) is 4.14. The zero-order chi connectivity index (χ0) is 20.5. The molecule has 1 fully saturated rings. The molecule has 0 radical (unpaired) electrons. The van der Waals surface area contributed by atoms with Crippen molar-refractivity contribution in [2.75, 3.05) is 31.1 Å². The minimum Gasteiger partial charge on any atom is -0.368 e. The predicted molar refractivity (Wildman–Crippen MR) is 118 cm³/mol. The molecule has 1 aliphatic rings. The molecule has 2 aromatic heterocycles. The number of amides is 1. The van der Waals surface area contributed by atoms with Gasteiger partial charge in [0.25, 0.3) is 5.91 Å². The van der Waals surface area contributed by atoms with E-state index in [1.54, 1.807) is 12.4 Å². The fraction of sp³-hybridized carbons (Fsp3) is 0.208. The number of anilines is 1. The minimum absolute atomic E-state index is 0.0678. The molecule has 6 heteroatoms. The highest BCUT2D eigenvalue weighted by molar-refractivity contribution is 5.97. The van der Waals surface area contributed by atoms with Gasteiger partial charge in [0.1, 0.15) is 5.82 Å². The molecule has 0 unspecified atom stereocenters. The number of rotatable bonds is 3. The lowest BCUT2D eigenvalue weighted by molar-refractivity contribution is 0.0747. The minimum atomic E-state index is 0.0678. The summed E-state index contributed by atoms with van der Waals surface area (Å²) in [4.78, 5) is 26.1. The van der Waals surface area contributed by atoms with Gasteiger partial charge in [0.15, 0.2) is 0 Å². The van der Waals surface area contributed by atoms with Crippen LogP contribution in [0, 0.1) is 6.92 Å². The number of piperazine rings is 1. The number of hydrogen-bond donors (Lipinski definition) is 0. The van der Waals surface area contributed by atoms with E-state index < -0.39 is 0 Å². The number of imidazole rings is 1. The molecule has 3 heterocycles. The molecule has 4 aromatic rings. The summed E-state index contributed by atoms with van der Waals surface area (Å²) in [5.41, 5.74) is 4.78. The van der Waals surface area contributed by atoms with Crippen LogP contribution in [0.4, 0.5) is 5.69 Å². The predicted octanol–water partition coefficient (Wildman–Crippen LogP) is 3.69. The molecular formula is C24H23N5O. The molecule has 0 spiro atoms. The number of nitrogens with zero attached hydrogens (tertiary/aromatic N) is 5. The van der Waals surface area contributed by atoms with Crippen LogP contribution in [0.2, 0.25) is 0 Å². The summed E-state index contributed by atoms with van der Waals surface area (Å²) < 4.78 is 2.12. The van der Waals surface area contributed by atoms with Crippen molar-refractivity contribution in [3.63, 3.8) is 0 Å². The first-order chi connectivity index (χ1) is 14.7. The van der Waals surface area contributed by atoms with Crippen molar-refractivity contribution >= 4 is 22.6 Å². The molecular weight excluding hydrogens is 374 g/mol. The van der Waals surface area contributed by atoms with Gasteiger partial charge in [-0.1, -0.05) is 18.2 Å². The van der Waals surface area contributed by atoms with E-state index in [9.17, 15) is 4.79 Å². The molecule has 5 rings (SSSR count). The number of para-hydroxylation sites is 1. The normalized spacial score (nSPS) is 14.3. The number of carbonyl (C=O) groups excluding carboxylic acids is 1. The van der Waals surface area contributed by atoms with Gasteiger partial charge in [-0.2, -0.15) is 0 Å². The maximum atomic E-state index is 13.1. The average molecular weight is 397 g/mol. The van der Waals surface area contributed by atoms with Gasteiger partial charge >= 0.3 is 0 Å². The highest BCUT2D eigenvalue weighted by Gasteiger charge is 2.23. The molecule has 0 bridgehead atoms. The Kier molecular flexibility index (Phi) is 4.67. The Morgan fingerprint density at radius 3 is 2.33 bits per heavy atom. The Labute approximate surface area is 175 Å². The zero-order valence-corrected chi connectivity index (χ0v) is 16.9. The molecule has 0 aliphatic carbocycles. The number of pyridine rings is 1. The van der Waals surface area contributed by atoms with Gasteiger partial charge in [-0.25, -0.2) is 4.98 Å². The van der Waals surface area contributed by atoms with Crippen molar-refractivity contribution < 1.29 is 4.79 Å². The number of fused-ring (bicyclic) bond motifs is 1. The number of carbonyl (C=O) groups is 1. The van der Waals surface area contributed by atoms with Gasteiger partial charge in [-0.3, -0.25) is 14.3 Å². The van der Waals surface area contributed by atoms with Crippen LogP contribution in [0.1, 0.15) is 16.2 Å². The van der Waals surface area contributed by atoms with Crippen LogP contribution in [0.5, 0.6) is 0 Å². The number of hydrogen-bond acceptors (Lipinski definition) is 4. The largest absolute Gasteiger partial charge is 0.368 e. The first-order valence-electron chi connectivity index (χ1n) is 10.2. The highest BCUT2D eigenvalue weighted by atomic mass is 16.2. The summed E-state index contributed by atoms with van der Waals surface area (Å²) in [5.74, 6) is 0.977. The third kappa shape index (κ3) is 3.30. The monoisotopic (exact) mass is 397 g/mol. The summed E-state index contributed by atoms with van der Waals surface area (Å²) in [6.07, 6.45) is 3.61. The topological polar surface area (TPSA) is 54.3 Å². The summed E-state index contributed by atoms with van der Waals surface area (Å²) in [6, 6.07) is 20.0. The fourth-order valence-electron chi connectivity index (χ4n) is 4.14. The lowest BCUT2D eigenvalue weighted by Crippen LogP contribution is -2.48. The first kappa shape index (κ1) is 18.4. The molecule has 0 saturated carbocycles. The zero-order valence-electron chi connectivity index (χ0n) is 16.9. The number of aromatic nitrogens is 3. The van der Waals surface area contributed by atoms with Gasteiger partial charge in [-0.05, 0) is 49.4 Å². The maximum Gasteiger partial charge on any atom is 0.254 e. The van der Waals surface area contributed by atoms with Gasteiger partial charge in [0, 0.05) is 55.5 Å². The molecule has 30 heavy (non-hydrogen) atoms. The lowest BCUT2D eigenvalue weighted by Gasteiger charge is -2.36. The Hall–Kier alpha value is -3.67. The summed E-state index contributed by atoms with van der Waals surface area (Å²) >= 11 is 0. The summed E-state index contributed by atoms with van der Waals surface area (Å²) in [6.45, 7) is 5.04. The summed E-state index contributed by atoms with van der Waals surface area (Å²) in [7, 11) is 0. The van der Waals surface area contributed by atoms with E-state index in [2.05, 4.69) is 26.6 Å². The second-order valence-electron chi connectivity index (χ2n) is 7.52. The molecule has 1 aliphatic heterocycles.